The number of halogens is 3. The van der Waals surface area contributed by atoms with Crippen LogP contribution in [0.15, 0.2) is 28.7 Å². The largest absolute Gasteiger partial charge is 0.484 e. The molecule has 1 amide bonds. The molecule has 0 radical (unpaired) electrons. The minimum atomic E-state index is -4.69. The van der Waals surface area contributed by atoms with Crippen LogP contribution in [0.1, 0.15) is 35.9 Å². The number of rotatable bonds is 9. The number of aliphatic hydroxyl groups excluding tert-OH is 1. The number of likely N-dealkylation sites (N-methyl/N-ethyl adjacent to an activating group) is 1. The first-order valence-electron chi connectivity index (χ1n) is 8.98. The fourth-order valence-corrected chi connectivity index (χ4v) is 2.62. The van der Waals surface area contributed by atoms with Gasteiger partial charge in [-0.15, -0.1) is 0 Å². The number of carbonyl (C=O) groups excluding carboxylic acids is 1. The van der Waals surface area contributed by atoms with Crippen molar-refractivity contribution in [1.29, 1.82) is 0 Å². The quantitative estimate of drug-likeness (QED) is 0.582. The van der Waals surface area contributed by atoms with Gasteiger partial charge >= 0.3 is 12.1 Å². The first kappa shape index (κ1) is 22.7. The Kier molecular flexibility index (Phi) is 7.63. The predicted octanol–water partition coefficient (Wildman–Crippen LogP) is 2.38. The maximum atomic E-state index is 12.7. The number of carbonyl (C=O) groups is 1. The van der Waals surface area contributed by atoms with Gasteiger partial charge in [0.15, 0.2) is 6.61 Å². The molecule has 0 saturated carbocycles. The van der Waals surface area contributed by atoms with Crippen LogP contribution < -0.4 is 15.4 Å². The van der Waals surface area contributed by atoms with Gasteiger partial charge in [-0.05, 0) is 38.0 Å². The highest BCUT2D eigenvalue weighted by atomic mass is 19.4. The second kappa shape index (κ2) is 9.75. The Bertz CT molecular complexity index is 806. The molecule has 1 heterocycles. The zero-order valence-electron chi connectivity index (χ0n) is 16.3. The van der Waals surface area contributed by atoms with Gasteiger partial charge in [0.2, 0.25) is 0 Å². The van der Waals surface area contributed by atoms with Gasteiger partial charge < -0.3 is 24.9 Å². The summed E-state index contributed by atoms with van der Waals surface area (Å²) in [4.78, 5) is 14.5. The van der Waals surface area contributed by atoms with E-state index in [-0.39, 0.29) is 36.6 Å². The summed E-state index contributed by atoms with van der Waals surface area (Å²) in [6, 6.07) is 7.14. The monoisotopic (exact) mass is 415 g/mol. The maximum Gasteiger partial charge on any atom is 0.468 e. The summed E-state index contributed by atoms with van der Waals surface area (Å²) in [6.45, 7) is 3.18. The van der Waals surface area contributed by atoms with Crippen LogP contribution in [0.3, 0.4) is 0 Å². The van der Waals surface area contributed by atoms with Crippen LogP contribution in [0, 0.1) is 6.92 Å². The van der Waals surface area contributed by atoms with E-state index in [2.05, 4.69) is 20.0 Å². The molecule has 0 fully saturated rings. The Hall–Kier alpha value is -2.59. The molecule has 0 spiro atoms. The molecule has 1 aromatic carbocycles. The van der Waals surface area contributed by atoms with Crippen molar-refractivity contribution in [2.75, 3.05) is 20.2 Å². The molecule has 0 saturated heterocycles. The highest BCUT2D eigenvalue weighted by Crippen LogP contribution is 2.31. The lowest BCUT2D eigenvalue weighted by Crippen LogP contribution is -2.32. The minimum Gasteiger partial charge on any atom is -0.484 e. The highest BCUT2D eigenvalue weighted by molar-refractivity contribution is 5.77. The van der Waals surface area contributed by atoms with Crippen molar-refractivity contribution < 1.29 is 32.2 Å². The van der Waals surface area contributed by atoms with Crippen molar-refractivity contribution in [3.05, 3.63) is 47.2 Å². The van der Waals surface area contributed by atoms with Crippen LogP contribution in [-0.4, -0.2) is 42.2 Å². The van der Waals surface area contributed by atoms with E-state index in [9.17, 15) is 23.1 Å². The van der Waals surface area contributed by atoms with Gasteiger partial charge in [0.05, 0.1) is 0 Å². The van der Waals surface area contributed by atoms with Crippen LogP contribution in [0.25, 0.3) is 0 Å². The molecule has 2 atom stereocenters. The number of ether oxygens (including phenoxy) is 1. The van der Waals surface area contributed by atoms with Crippen LogP contribution >= 0.6 is 0 Å². The van der Waals surface area contributed by atoms with Gasteiger partial charge in [-0.2, -0.15) is 13.2 Å². The molecule has 0 bridgehead atoms. The van der Waals surface area contributed by atoms with E-state index in [4.69, 9.17) is 4.74 Å². The standard InChI is InChI=1S/C19H24F3N3O4/c1-11(8-13-4-6-14(7-5-13)28-10-16(27)23-3)24-9-15(26)17-12(2)29-18(25-17)19(20,21)22/h4-7,11,15,24,26H,8-10H2,1-3H3,(H,23,27). The molecule has 29 heavy (non-hydrogen) atoms. The maximum absolute atomic E-state index is 12.7. The van der Waals surface area contributed by atoms with Crippen LogP contribution in [0.5, 0.6) is 5.75 Å². The molecule has 2 aromatic rings. The molecule has 10 heteroatoms. The molecule has 3 N–H and O–H groups in total. The number of alkyl halides is 3. The molecule has 0 aliphatic heterocycles. The summed E-state index contributed by atoms with van der Waals surface area (Å²) in [5, 5.41) is 15.7. The van der Waals surface area contributed by atoms with Crippen molar-refractivity contribution in [3.8, 4) is 5.75 Å². The number of aliphatic hydroxyl groups is 1. The summed E-state index contributed by atoms with van der Waals surface area (Å²) < 4.78 is 47.9. The number of oxazole rings is 1. The molecule has 7 nitrogen and oxygen atoms in total. The highest BCUT2D eigenvalue weighted by Gasteiger charge is 2.38. The summed E-state index contributed by atoms with van der Waals surface area (Å²) in [6.07, 6.45) is -5.30. The van der Waals surface area contributed by atoms with E-state index in [0.29, 0.717) is 12.2 Å². The zero-order valence-corrected chi connectivity index (χ0v) is 16.3. The van der Waals surface area contributed by atoms with Crippen LogP contribution in [-0.2, 0) is 17.4 Å². The Morgan fingerprint density at radius 1 is 1.31 bits per heavy atom. The van der Waals surface area contributed by atoms with Gasteiger partial charge in [-0.1, -0.05) is 12.1 Å². The van der Waals surface area contributed by atoms with E-state index in [1.165, 1.54) is 14.0 Å². The van der Waals surface area contributed by atoms with Gasteiger partial charge in [0, 0.05) is 19.6 Å². The average molecular weight is 415 g/mol. The minimum absolute atomic E-state index is 0.0269. The number of aryl methyl sites for hydroxylation is 1. The first-order valence-corrected chi connectivity index (χ1v) is 8.98. The normalized spacial score (nSPS) is 13.8. The Morgan fingerprint density at radius 3 is 2.52 bits per heavy atom. The van der Waals surface area contributed by atoms with Gasteiger partial charge in [-0.25, -0.2) is 4.98 Å². The molecule has 2 rings (SSSR count). The van der Waals surface area contributed by atoms with Crippen molar-refractivity contribution in [2.45, 2.75) is 38.6 Å². The molecular weight excluding hydrogens is 391 g/mol. The molecule has 2 unspecified atom stereocenters. The van der Waals surface area contributed by atoms with E-state index in [0.717, 1.165) is 5.56 Å². The number of amides is 1. The lowest BCUT2D eigenvalue weighted by atomic mass is 10.1. The number of hydrogen-bond acceptors (Lipinski definition) is 6. The smallest absolute Gasteiger partial charge is 0.468 e. The van der Waals surface area contributed by atoms with Gasteiger partial charge in [-0.3, -0.25) is 4.79 Å². The van der Waals surface area contributed by atoms with Crippen molar-refractivity contribution in [1.82, 2.24) is 15.6 Å². The fraction of sp³-hybridized carbons (Fsp3) is 0.474. The average Bonchev–Trinajstić information content (AvgIpc) is 3.07. The number of nitrogens with one attached hydrogen (secondary N) is 2. The van der Waals surface area contributed by atoms with E-state index in [1.807, 2.05) is 19.1 Å². The summed E-state index contributed by atoms with van der Waals surface area (Å²) in [7, 11) is 1.53. The molecule has 160 valence electrons. The molecular formula is C19H24F3N3O4. The van der Waals surface area contributed by atoms with E-state index < -0.39 is 18.2 Å². The van der Waals surface area contributed by atoms with Crippen molar-refractivity contribution in [2.24, 2.45) is 0 Å². The third-order valence-electron chi connectivity index (χ3n) is 4.16. The lowest BCUT2D eigenvalue weighted by Gasteiger charge is -2.17. The molecule has 0 aliphatic rings. The second-order valence-corrected chi connectivity index (χ2v) is 6.59. The second-order valence-electron chi connectivity index (χ2n) is 6.59. The van der Waals surface area contributed by atoms with Crippen molar-refractivity contribution in [3.63, 3.8) is 0 Å². The summed E-state index contributed by atoms with van der Waals surface area (Å²) in [5.74, 6) is -1.09. The Balaban J connectivity index is 1.84. The van der Waals surface area contributed by atoms with Crippen LogP contribution in [0.4, 0.5) is 13.2 Å². The van der Waals surface area contributed by atoms with E-state index in [1.54, 1.807) is 12.1 Å². The lowest BCUT2D eigenvalue weighted by molar-refractivity contribution is -0.157. The van der Waals surface area contributed by atoms with Gasteiger partial charge in [0.1, 0.15) is 23.3 Å². The van der Waals surface area contributed by atoms with Crippen LogP contribution in [0.2, 0.25) is 0 Å². The summed E-state index contributed by atoms with van der Waals surface area (Å²) >= 11 is 0. The predicted molar refractivity (Wildman–Crippen MR) is 98.4 cm³/mol. The Morgan fingerprint density at radius 2 is 1.97 bits per heavy atom. The molecule has 1 aromatic heterocycles. The fourth-order valence-electron chi connectivity index (χ4n) is 2.62. The number of hydrogen-bond donors (Lipinski definition) is 3. The van der Waals surface area contributed by atoms with E-state index >= 15 is 0 Å². The zero-order chi connectivity index (χ0) is 21.6. The van der Waals surface area contributed by atoms with Gasteiger partial charge in [0.25, 0.3) is 5.91 Å². The number of nitrogens with zero attached hydrogens (tertiary/aromatic N) is 1. The third-order valence-corrected chi connectivity index (χ3v) is 4.16. The van der Waals surface area contributed by atoms with Crippen molar-refractivity contribution >= 4 is 5.91 Å². The first-order chi connectivity index (χ1) is 13.6. The molecule has 0 aliphatic carbocycles. The number of aromatic nitrogens is 1. The number of benzene rings is 1. The SMILES string of the molecule is CNC(=O)COc1ccc(CC(C)NCC(O)c2nc(C(F)(F)F)oc2C)cc1. The topological polar surface area (TPSA) is 96.6 Å². The third kappa shape index (κ3) is 6.75. The Labute approximate surface area is 166 Å². The summed E-state index contributed by atoms with van der Waals surface area (Å²) in [5.41, 5.74) is 0.860.